The van der Waals surface area contributed by atoms with E-state index < -0.39 is 17.2 Å². The minimum absolute atomic E-state index is 0.00753. The van der Waals surface area contributed by atoms with E-state index in [0.717, 1.165) is 15.4 Å². The fourth-order valence-electron chi connectivity index (χ4n) is 3.44. The van der Waals surface area contributed by atoms with E-state index in [-0.39, 0.29) is 40.5 Å². The van der Waals surface area contributed by atoms with E-state index in [2.05, 4.69) is 26.5 Å². The van der Waals surface area contributed by atoms with Crippen molar-refractivity contribution in [1.29, 1.82) is 0 Å². The normalized spacial score (nSPS) is 11.4. The number of primary amides is 1. The van der Waals surface area contributed by atoms with E-state index >= 15 is 0 Å². The van der Waals surface area contributed by atoms with Gasteiger partial charge < -0.3 is 24.5 Å². The summed E-state index contributed by atoms with van der Waals surface area (Å²) < 4.78 is 43.1. The largest absolute Gasteiger partial charge is 0.755 e. The fourth-order valence-corrected chi connectivity index (χ4v) is 3.97. The first-order valence-electron chi connectivity index (χ1n) is 11.3. The maximum Gasteiger partial charge on any atom is 0.267 e. The molecule has 0 aliphatic heterocycles. The maximum atomic E-state index is 12.7. The lowest BCUT2D eigenvalue weighted by molar-refractivity contribution is 0.0995. The Bertz CT molecular complexity index is 1560. The molecule has 0 bridgehead atoms. The SMILES string of the molecule is C=C(C)c1ccc(N(c2nc(-c3ccnc(C(N)=O)c3)nc(OC)c2Oc2ccccc2OC)S(=O)[O-])nc1. The van der Waals surface area contributed by atoms with Crippen molar-refractivity contribution in [2.45, 2.75) is 6.92 Å². The molecule has 13 heteroatoms. The zero-order chi connectivity index (χ0) is 28.1. The highest BCUT2D eigenvalue weighted by Gasteiger charge is 2.27. The van der Waals surface area contributed by atoms with Crippen LogP contribution < -0.4 is 24.2 Å². The predicted molar refractivity (Wildman–Crippen MR) is 143 cm³/mol. The molecule has 1 atom stereocenters. The molecule has 0 fully saturated rings. The number of carbonyl (C=O) groups is 1. The first-order chi connectivity index (χ1) is 18.7. The molecule has 0 spiro atoms. The molecular weight excluding hydrogens is 524 g/mol. The molecule has 39 heavy (non-hydrogen) atoms. The number of rotatable bonds is 10. The van der Waals surface area contributed by atoms with Crippen molar-refractivity contribution in [2.24, 2.45) is 5.73 Å². The van der Waals surface area contributed by atoms with Gasteiger partial charge in [-0.1, -0.05) is 18.7 Å². The number of aromatic nitrogens is 4. The first kappa shape index (κ1) is 27.2. The number of benzene rings is 1. The molecule has 3 aromatic heterocycles. The average molecular weight is 548 g/mol. The Morgan fingerprint density at radius 1 is 1.05 bits per heavy atom. The summed E-state index contributed by atoms with van der Waals surface area (Å²) in [7, 11) is 2.80. The van der Waals surface area contributed by atoms with Gasteiger partial charge in [-0.15, -0.1) is 0 Å². The number of ether oxygens (including phenoxy) is 3. The van der Waals surface area contributed by atoms with Gasteiger partial charge in [-0.2, -0.15) is 4.98 Å². The van der Waals surface area contributed by atoms with E-state index in [9.17, 15) is 13.6 Å². The van der Waals surface area contributed by atoms with Crippen LogP contribution in [0.4, 0.5) is 11.6 Å². The zero-order valence-electron chi connectivity index (χ0n) is 21.2. The number of methoxy groups -OCH3 is 2. The van der Waals surface area contributed by atoms with Crippen LogP contribution in [0.15, 0.2) is 67.5 Å². The van der Waals surface area contributed by atoms with Crippen LogP contribution in [-0.4, -0.2) is 48.8 Å². The molecule has 4 aromatic rings. The molecule has 1 aromatic carbocycles. The predicted octanol–water partition coefficient (Wildman–Crippen LogP) is 3.81. The van der Waals surface area contributed by atoms with Crippen LogP contribution in [0, 0.1) is 0 Å². The molecule has 0 radical (unpaired) electrons. The van der Waals surface area contributed by atoms with E-state index in [1.54, 1.807) is 37.3 Å². The number of allylic oxidation sites excluding steroid dienone is 1. The molecular formula is C26H23N6O6S-. The maximum absolute atomic E-state index is 12.7. The lowest BCUT2D eigenvalue weighted by Crippen LogP contribution is -2.23. The Morgan fingerprint density at radius 3 is 2.38 bits per heavy atom. The van der Waals surface area contributed by atoms with Crippen molar-refractivity contribution in [1.82, 2.24) is 19.9 Å². The average Bonchev–Trinajstić information content (AvgIpc) is 2.94. The molecule has 200 valence electrons. The molecule has 1 unspecified atom stereocenters. The summed E-state index contributed by atoms with van der Waals surface area (Å²) in [6, 6.07) is 12.8. The number of anilines is 2. The summed E-state index contributed by atoms with van der Waals surface area (Å²) in [5.74, 6) is -0.581. The van der Waals surface area contributed by atoms with Gasteiger partial charge in [0.2, 0.25) is 5.75 Å². The minimum Gasteiger partial charge on any atom is -0.755 e. The highest BCUT2D eigenvalue weighted by Crippen LogP contribution is 2.44. The third-order valence-corrected chi connectivity index (χ3v) is 6.01. The minimum atomic E-state index is -2.93. The van der Waals surface area contributed by atoms with E-state index in [1.165, 1.54) is 44.8 Å². The number of amides is 1. The number of pyridine rings is 2. The molecule has 0 saturated carbocycles. The summed E-state index contributed by atoms with van der Waals surface area (Å²) in [4.78, 5) is 28.8. The van der Waals surface area contributed by atoms with Crippen molar-refractivity contribution in [3.8, 4) is 34.5 Å². The molecule has 0 aliphatic rings. The van der Waals surface area contributed by atoms with Crippen LogP contribution in [0.2, 0.25) is 0 Å². The molecule has 1 amide bonds. The third-order valence-electron chi connectivity index (χ3n) is 5.35. The van der Waals surface area contributed by atoms with Crippen LogP contribution in [0.1, 0.15) is 23.0 Å². The van der Waals surface area contributed by atoms with Crippen molar-refractivity contribution >= 4 is 34.4 Å². The second-order valence-electron chi connectivity index (χ2n) is 7.95. The van der Waals surface area contributed by atoms with Crippen molar-refractivity contribution < 1.29 is 27.8 Å². The molecule has 2 N–H and O–H groups in total. The van der Waals surface area contributed by atoms with Gasteiger partial charge in [0, 0.05) is 18.0 Å². The summed E-state index contributed by atoms with van der Waals surface area (Å²) in [5, 5.41) is 0. The van der Waals surface area contributed by atoms with Gasteiger partial charge in [-0.25, -0.2) is 14.3 Å². The summed E-state index contributed by atoms with van der Waals surface area (Å²) in [6.07, 6.45) is 2.84. The van der Waals surface area contributed by atoms with Crippen LogP contribution in [-0.2, 0) is 11.3 Å². The highest BCUT2D eigenvalue weighted by molar-refractivity contribution is 7.81. The van der Waals surface area contributed by atoms with E-state index in [4.69, 9.17) is 19.9 Å². The lowest BCUT2D eigenvalue weighted by atomic mass is 10.1. The van der Waals surface area contributed by atoms with Gasteiger partial charge in [0.15, 0.2) is 23.1 Å². The number of carbonyl (C=O) groups excluding carboxylic acids is 1. The fraction of sp³-hybridized carbons (Fsp3) is 0.115. The number of hydrogen-bond acceptors (Lipinski definition) is 10. The Labute approximate surface area is 226 Å². The molecule has 0 aliphatic carbocycles. The second-order valence-corrected chi connectivity index (χ2v) is 8.75. The van der Waals surface area contributed by atoms with Gasteiger partial charge >= 0.3 is 0 Å². The number of hydrogen-bond donors (Lipinski definition) is 1. The summed E-state index contributed by atoms with van der Waals surface area (Å²) in [5.41, 5.74) is 7.14. The number of para-hydroxylation sites is 2. The number of nitrogens with zero attached hydrogens (tertiary/aromatic N) is 5. The quantitative estimate of drug-likeness (QED) is 0.288. The van der Waals surface area contributed by atoms with Gasteiger partial charge in [0.25, 0.3) is 11.8 Å². The van der Waals surface area contributed by atoms with Crippen molar-refractivity contribution in [3.05, 3.63) is 78.8 Å². The van der Waals surface area contributed by atoms with Crippen LogP contribution >= 0.6 is 0 Å². The zero-order valence-corrected chi connectivity index (χ0v) is 22.0. The topological polar surface area (TPSA) is 166 Å². The van der Waals surface area contributed by atoms with Crippen molar-refractivity contribution in [2.75, 3.05) is 18.5 Å². The molecule has 4 rings (SSSR count). The molecule has 12 nitrogen and oxygen atoms in total. The summed E-state index contributed by atoms with van der Waals surface area (Å²) in [6.45, 7) is 5.68. The smallest absolute Gasteiger partial charge is 0.267 e. The van der Waals surface area contributed by atoms with Gasteiger partial charge in [0.1, 0.15) is 11.5 Å². The van der Waals surface area contributed by atoms with Crippen LogP contribution in [0.5, 0.6) is 23.1 Å². The molecule has 0 saturated heterocycles. The van der Waals surface area contributed by atoms with Crippen molar-refractivity contribution in [3.63, 3.8) is 0 Å². The standard InChI is InChI=1S/C26H24N6O6S/c1-15(2)17-9-10-21(29-14-17)32(39(34)35)25-22(38-20-8-6-5-7-19(20)36-3)26(37-4)31-24(30-25)16-11-12-28-18(13-16)23(27)33/h5-14H,1H2,2-4H3,(H2,27,33)(H,34,35)/p-1. The Morgan fingerprint density at radius 2 is 1.79 bits per heavy atom. The van der Waals surface area contributed by atoms with Gasteiger partial charge in [0.05, 0.1) is 25.5 Å². The van der Waals surface area contributed by atoms with Gasteiger partial charge in [-0.05, 0) is 54.5 Å². The van der Waals surface area contributed by atoms with Crippen LogP contribution in [0.3, 0.4) is 0 Å². The van der Waals surface area contributed by atoms with E-state index in [0.29, 0.717) is 11.3 Å². The Balaban J connectivity index is 1.98. The monoisotopic (exact) mass is 547 g/mol. The molecule has 3 heterocycles. The van der Waals surface area contributed by atoms with Gasteiger partial charge in [-0.3, -0.25) is 14.0 Å². The first-order valence-corrected chi connectivity index (χ1v) is 12.3. The van der Waals surface area contributed by atoms with E-state index in [1.807, 2.05) is 0 Å². The Hall–Kier alpha value is -4.88. The number of nitrogens with two attached hydrogens (primary N) is 1. The van der Waals surface area contributed by atoms with Crippen LogP contribution in [0.25, 0.3) is 17.0 Å². The third kappa shape index (κ3) is 5.84. The lowest BCUT2D eigenvalue weighted by Gasteiger charge is -2.27. The summed E-state index contributed by atoms with van der Waals surface area (Å²) >= 11 is -2.93. The highest BCUT2D eigenvalue weighted by atomic mass is 32.2. The second kappa shape index (κ2) is 11.7. The Kier molecular flexibility index (Phi) is 8.13.